The summed E-state index contributed by atoms with van der Waals surface area (Å²) < 4.78 is 0. The van der Waals surface area contributed by atoms with Gasteiger partial charge < -0.3 is 15.1 Å². The largest absolute Gasteiger partial charge is 0.477 e. The third-order valence-corrected chi connectivity index (χ3v) is 4.60. The van der Waals surface area contributed by atoms with Crippen molar-refractivity contribution in [2.24, 2.45) is 0 Å². The van der Waals surface area contributed by atoms with Crippen LogP contribution in [0.25, 0.3) is 0 Å². The number of aliphatic hydroxyl groups is 1. The Morgan fingerprint density at radius 1 is 1.32 bits per heavy atom. The molecule has 2 N–H and O–H groups in total. The van der Waals surface area contributed by atoms with Crippen molar-refractivity contribution in [2.45, 2.75) is 18.6 Å². The molecule has 1 fully saturated rings. The van der Waals surface area contributed by atoms with Crippen molar-refractivity contribution in [1.29, 1.82) is 0 Å². The van der Waals surface area contributed by atoms with Gasteiger partial charge in [0.25, 0.3) is 0 Å². The van der Waals surface area contributed by atoms with Gasteiger partial charge in [0.05, 0.1) is 5.60 Å². The summed E-state index contributed by atoms with van der Waals surface area (Å²) in [4.78, 5) is 19.0. The highest BCUT2D eigenvalue weighted by atomic mass is 16.4. The van der Waals surface area contributed by atoms with Crippen LogP contribution in [0, 0.1) is 0 Å². The number of nitrogens with zero attached hydrogens (tertiary/aromatic N) is 3. The third-order valence-electron chi connectivity index (χ3n) is 4.60. The fourth-order valence-corrected chi connectivity index (χ4v) is 3.35. The first-order chi connectivity index (χ1) is 12.0. The number of carboxylic acids is 1. The zero-order chi connectivity index (χ0) is 17.9. The smallest absolute Gasteiger partial charge is 0.354 e. The molecule has 132 valence electrons. The molecule has 0 spiro atoms. The number of likely N-dealkylation sites (tertiary alicyclic amines) is 1. The van der Waals surface area contributed by atoms with Gasteiger partial charge in [-0.25, -0.2) is 9.78 Å². The maximum Gasteiger partial charge on any atom is 0.354 e. The fourth-order valence-electron chi connectivity index (χ4n) is 3.35. The summed E-state index contributed by atoms with van der Waals surface area (Å²) in [6.07, 6.45) is 2.18. The molecule has 0 aliphatic carbocycles. The highest BCUT2D eigenvalue weighted by Crippen LogP contribution is 2.26. The van der Waals surface area contributed by atoms with Crippen molar-refractivity contribution >= 4 is 11.7 Å². The number of likely N-dealkylation sites (N-methyl/N-ethyl adjacent to an activating group) is 1. The summed E-state index contributed by atoms with van der Waals surface area (Å²) in [5.74, 6) is -1.05. The Morgan fingerprint density at radius 3 is 2.80 bits per heavy atom. The normalized spacial score (nSPS) is 20.6. The van der Waals surface area contributed by atoms with Crippen LogP contribution in [0.2, 0.25) is 0 Å². The molecule has 0 bridgehead atoms. The van der Waals surface area contributed by atoms with Gasteiger partial charge >= 0.3 is 5.97 Å². The lowest BCUT2D eigenvalue weighted by atomic mass is 10.0. The van der Waals surface area contributed by atoms with Crippen molar-refractivity contribution in [3.8, 4) is 0 Å². The Kier molecular flexibility index (Phi) is 5.01. The number of rotatable bonds is 6. The molecule has 6 heteroatoms. The van der Waals surface area contributed by atoms with Crippen LogP contribution in [-0.2, 0) is 6.54 Å². The minimum atomic E-state index is -1.05. The van der Waals surface area contributed by atoms with E-state index in [1.807, 2.05) is 30.1 Å². The van der Waals surface area contributed by atoms with Crippen molar-refractivity contribution in [3.05, 3.63) is 59.9 Å². The molecule has 1 aromatic carbocycles. The molecule has 6 nitrogen and oxygen atoms in total. The number of carbonyl (C=O) groups is 1. The molecule has 1 atom stereocenters. The lowest BCUT2D eigenvalue weighted by molar-refractivity contribution is 0.0562. The van der Waals surface area contributed by atoms with Gasteiger partial charge in [-0.05, 0) is 24.1 Å². The predicted molar refractivity (Wildman–Crippen MR) is 95.8 cm³/mol. The zero-order valence-electron chi connectivity index (χ0n) is 14.3. The average molecular weight is 341 g/mol. The number of hydrogen-bond donors (Lipinski definition) is 2. The Labute approximate surface area is 147 Å². The van der Waals surface area contributed by atoms with Crippen molar-refractivity contribution in [2.75, 3.05) is 31.6 Å². The summed E-state index contributed by atoms with van der Waals surface area (Å²) in [6, 6.07) is 13.5. The van der Waals surface area contributed by atoms with E-state index in [9.17, 15) is 9.90 Å². The van der Waals surface area contributed by atoms with Crippen LogP contribution >= 0.6 is 0 Å². The molecule has 0 saturated carbocycles. The Hall–Kier alpha value is -2.44. The molecule has 2 heterocycles. The Bertz CT molecular complexity index is 738. The second kappa shape index (κ2) is 7.21. The second-order valence-electron chi connectivity index (χ2n) is 6.73. The van der Waals surface area contributed by atoms with E-state index >= 15 is 0 Å². The number of hydrogen-bond acceptors (Lipinski definition) is 5. The fraction of sp³-hybridized carbons (Fsp3) is 0.368. The lowest BCUT2D eigenvalue weighted by Gasteiger charge is -2.30. The minimum absolute atomic E-state index is 0.00784. The molecule has 1 aliphatic heterocycles. The average Bonchev–Trinajstić information content (AvgIpc) is 2.96. The van der Waals surface area contributed by atoms with Crippen molar-refractivity contribution < 1.29 is 15.0 Å². The van der Waals surface area contributed by atoms with E-state index < -0.39 is 11.6 Å². The van der Waals surface area contributed by atoms with E-state index in [1.54, 1.807) is 6.07 Å². The third kappa shape index (κ3) is 4.35. The van der Waals surface area contributed by atoms with E-state index in [1.165, 1.54) is 17.8 Å². The quantitative estimate of drug-likeness (QED) is 0.835. The van der Waals surface area contributed by atoms with Crippen molar-refractivity contribution in [3.63, 3.8) is 0 Å². The molecule has 1 aliphatic rings. The SMILES string of the molecule is CN(CC1(O)CCN(Cc2ccccc2)C1)c1ccnc(C(=O)O)c1. The van der Waals surface area contributed by atoms with Crippen LogP contribution in [0.5, 0.6) is 0 Å². The molecule has 0 amide bonds. The molecular weight excluding hydrogens is 318 g/mol. The van der Waals surface area contributed by atoms with Crippen LogP contribution in [-0.4, -0.2) is 58.3 Å². The standard InChI is InChI=1S/C19H23N3O3/c1-21(16-7-9-20-17(11-16)18(23)24)13-19(25)8-10-22(14-19)12-15-5-3-2-4-6-15/h2-7,9,11,25H,8,10,12-14H2,1H3,(H,23,24). The molecule has 3 rings (SSSR count). The predicted octanol–water partition coefficient (Wildman–Crippen LogP) is 1.85. The van der Waals surface area contributed by atoms with Crippen LogP contribution in [0.15, 0.2) is 48.7 Å². The maximum absolute atomic E-state index is 11.1. The van der Waals surface area contributed by atoms with Gasteiger partial charge in [-0.15, -0.1) is 0 Å². The maximum atomic E-state index is 11.1. The van der Waals surface area contributed by atoms with Crippen LogP contribution < -0.4 is 4.90 Å². The van der Waals surface area contributed by atoms with E-state index in [2.05, 4.69) is 22.0 Å². The monoisotopic (exact) mass is 341 g/mol. The number of β-amino-alcohol motifs (C(OH)–C–C–N with tert-alkyl or cyclic N) is 1. The molecule has 1 saturated heterocycles. The molecule has 0 radical (unpaired) electrons. The topological polar surface area (TPSA) is 76.9 Å². The van der Waals surface area contributed by atoms with Crippen LogP contribution in [0.3, 0.4) is 0 Å². The van der Waals surface area contributed by atoms with E-state index in [4.69, 9.17) is 5.11 Å². The number of aromatic nitrogens is 1. The van der Waals surface area contributed by atoms with Crippen molar-refractivity contribution in [1.82, 2.24) is 9.88 Å². The minimum Gasteiger partial charge on any atom is -0.477 e. The van der Waals surface area contributed by atoms with Crippen LogP contribution in [0.1, 0.15) is 22.5 Å². The van der Waals surface area contributed by atoms with Crippen LogP contribution in [0.4, 0.5) is 5.69 Å². The molecule has 2 aromatic rings. The van der Waals surface area contributed by atoms with E-state index in [0.29, 0.717) is 19.5 Å². The van der Waals surface area contributed by atoms with E-state index in [0.717, 1.165) is 18.8 Å². The van der Waals surface area contributed by atoms with Gasteiger partial charge in [0.15, 0.2) is 0 Å². The van der Waals surface area contributed by atoms with Gasteiger partial charge in [0.2, 0.25) is 0 Å². The van der Waals surface area contributed by atoms with Gasteiger partial charge in [-0.2, -0.15) is 0 Å². The van der Waals surface area contributed by atoms with Gasteiger partial charge in [0.1, 0.15) is 5.69 Å². The summed E-state index contributed by atoms with van der Waals surface area (Å²) in [6.45, 7) is 2.71. The Balaban J connectivity index is 1.62. The zero-order valence-corrected chi connectivity index (χ0v) is 14.3. The molecule has 1 aromatic heterocycles. The van der Waals surface area contributed by atoms with Gasteiger partial charge in [-0.1, -0.05) is 30.3 Å². The number of carboxylic acid groups (broad SMARTS) is 1. The Morgan fingerprint density at radius 2 is 2.08 bits per heavy atom. The first-order valence-electron chi connectivity index (χ1n) is 8.34. The lowest BCUT2D eigenvalue weighted by Crippen LogP contribution is -2.43. The molecule has 1 unspecified atom stereocenters. The number of benzene rings is 1. The number of pyridine rings is 1. The van der Waals surface area contributed by atoms with Gasteiger partial charge in [-0.3, -0.25) is 4.90 Å². The molecule has 25 heavy (non-hydrogen) atoms. The summed E-state index contributed by atoms with van der Waals surface area (Å²) in [7, 11) is 1.86. The van der Waals surface area contributed by atoms with Gasteiger partial charge in [0, 0.05) is 45.1 Å². The summed E-state index contributed by atoms with van der Waals surface area (Å²) in [5, 5.41) is 20.0. The highest BCUT2D eigenvalue weighted by molar-refractivity contribution is 5.86. The second-order valence-corrected chi connectivity index (χ2v) is 6.73. The summed E-state index contributed by atoms with van der Waals surface area (Å²) >= 11 is 0. The molecular formula is C19H23N3O3. The first kappa shape index (κ1) is 17.4. The number of aromatic carboxylic acids is 1. The highest BCUT2D eigenvalue weighted by Gasteiger charge is 2.37. The summed E-state index contributed by atoms with van der Waals surface area (Å²) in [5.41, 5.74) is 1.17. The van der Waals surface area contributed by atoms with E-state index in [-0.39, 0.29) is 5.69 Å². The first-order valence-corrected chi connectivity index (χ1v) is 8.34. The number of anilines is 1.